The predicted octanol–water partition coefficient (Wildman–Crippen LogP) is 2.64. The standard InChI is InChI=1S/C19H18FN3O2/c20-15-3-1-14(2-4-15)12-23-17-11-16(22-9-7-21-8-10-22)5-6-18(17)25-13-19(23)24/h1-7,11H,8-10,12-13H2. The van der Waals surface area contributed by atoms with Crippen LogP contribution in [0.15, 0.2) is 47.5 Å². The number of fused-ring (bicyclic) bond motifs is 1. The number of amides is 1. The molecule has 0 unspecified atom stereocenters. The van der Waals surface area contributed by atoms with Crippen LogP contribution in [0.25, 0.3) is 0 Å². The van der Waals surface area contributed by atoms with E-state index in [4.69, 9.17) is 4.74 Å². The Hall–Kier alpha value is -2.89. The number of carbonyl (C=O) groups excluding carboxylic acids is 1. The van der Waals surface area contributed by atoms with E-state index in [2.05, 4.69) is 9.89 Å². The number of ether oxygens (including phenoxy) is 1. The molecule has 2 heterocycles. The van der Waals surface area contributed by atoms with Gasteiger partial charge in [0.15, 0.2) is 6.61 Å². The summed E-state index contributed by atoms with van der Waals surface area (Å²) in [5.74, 6) is 0.303. The van der Waals surface area contributed by atoms with Crippen LogP contribution in [-0.4, -0.2) is 38.4 Å². The predicted molar refractivity (Wildman–Crippen MR) is 95.1 cm³/mol. The molecule has 0 bridgehead atoms. The maximum absolute atomic E-state index is 13.1. The van der Waals surface area contributed by atoms with Gasteiger partial charge in [-0.25, -0.2) is 4.39 Å². The second-order valence-corrected chi connectivity index (χ2v) is 6.08. The van der Waals surface area contributed by atoms with Crippen molar-refractivity contribution in [1.82, 2.24) is 0 Å². The van der Waals surface area contributed by atoms with Crippen LogP contribution >= 0.6 is 0 Å². The van der Waals surface area contributed by atoms with Gasteiger partial charge in [-0.15, -0.1) is 0 Å². The van der Waals surface area contributed by atoms with Crippen LogP contribution in [0.5, 0.6) is 5.75 Å². The van der Waals surface area contributed by atoms with Gasteiger partial charge in [-0.1, -0.05) is 12.1 Å². The molecule has 2 aromatic rings. The first-order chi connectivity index (χ1) is 12.2. The fourth-order valence-electron chi connectivity index (χ4n) is 3.08. The molecule has 128 valence electrons. The van der Waals surface area contributed by atoms with Crippen molar-refractivity contribution in [3.8, 4) is 5.75 Å². The summed E-state index contributed by atoms with van der Waals surface area (Å²) in [5.41, 5.74) is 2.66. The molecule has 5 nitrogen and oxygen atoms in total. The van der Waals surface area contributed by atoms with E-state index in [1.165, 1.54) is 12.1 Å². The van der Waals surface area contributed by atoms with E-state index in [0.717, 1.165) is 36.6 Å². The Morgan fingerprint density at radius 2 is 2.00 bits per heavy atom. The Labute approximate surface area is 145 Å². The Morgan fingerprint density at radius 3 is 2.76 bits per heavy atom. The molecule has 0 N–H and O–H groups in total. The Balaban J connectivity index is 1.65. The third kappa shape index (κ3) is 3.20. The first kappa shape index (κ1) is 15.6. The highest BCUT2D eigenvalue weighted by Gasteiger charge is 2.26. The van der Waals surface area contributed by atoms with Crippen molar-refractivity contribution in [1.29, 1.82) is 0 Å². The summed E-state index contributed by atoms with van der Waals surface area (Å²) >= 11 is 0. The summed E-state index contributed by atoms with van der Waals surface area (Å²) in [5, 5.41) is 0. The minimum Gasteiger partial charge on any atom is -0.482 e. The SMILES string of the molecule is O=C1COc2ccc(N3CC=NCC3)cc2N1Cc1ccc(F)cc1. The molecule has 0 fully saturated rings. The molecule has 0 atom stereocenters. The molecule has 0 aliphatic carbocycles. The van der Waals surface area contributed by atoms with Crippen LogP contribution in [0, 0.1) is 5.82 Å². The van der Waals surface area contributed by atoms with Gasteiger partial charge in [0.05, 0.1) is 25.3 Å². The zero-order valence-electron chi connectivity index (χ0n) is 13.7. The van der Waals surface area contributed by atoms with Crippen molar-refractivity contribution in [3.05, 3.63) is 53.8 Å². The van der Waals surface area contributed by atoms with Crippen molar-refractivity contribution < 1.29 is 13.9 Å². The molecule has 0 spiro atoms. The number of halogens is 1. The van der Waals surface area contributed by atoms with Crippen molar-refractivity contribution in [2.45, 2.75) is 6.54 Å². The van der Waals surface area contributed by atoms with Gasteiger partial charge in [0, 0.05) is 18.4 Å². The van der Waals surface area contributed by atoms with E-state index in [0.29, 0.717) is 12.3 Å². The van der Waals surface area contributed by atoms with Gasteiger partial charge in [0.2, 0.25) is 0 Å². The topological polar surface area (TPSA) is 45.1 Å². The van der Waals surface area contributed by atoms with Crippen LogP contribution in [0.4, 0.5) is 15.8 Å². The average Bonchev–Trinajstić information content (AvgIpc) is 2.66. The summed E-state index contributed by atoms with van der Waals surface area (Å²) < 4.78 is 18.7. The molecular formula is C19H18FN3O2. The lowest BCUT2D eigenvalue weighted by Crippen LogP contribution is -2.38. The van der Waals surface area contributed by atoms with Gasteiger partial charge >= 0.3 is 0 Å². The summed E-state index contributed by atoms with van der Waals surface area (Å²) in [7, 11) is 0. The second kappa shape index (κ2) is 6.55. The quantitative estimate of drug-likeness (QED) is 0.864. The van der Waals surface area contributed by atoms with Gasteiger partial charge in [0.25, 0.3) is 5.91 Å². The molecule has 0 aromatic heterocycles. The van der Waals surface area contributed by atoms with Crippen molar-refractivity contribution in [2.24, 2.45) is 4.99 Å². The number of rotatable bonds is 3. The van der Waals surface area contributed by atoms with Gasteiger partial charge in [-0.05, 0) is 35.9 Å². The maximum atomic E-state index is 13.1. The number of anilines is 2. The molecule has 2 aromatic carbocycles. The zero-order valence-corrected chi connectivity index (χ0v) is 13.7. The molecule has 2 aliphatic rings. The van der Waals surface area contributed by atoms with Crippen molar-refractivity contribution >= 4 is 23.5 Å². The summed E-state index contributed by atoms with van der Waals surface area (Å²) in [6.45, 7) is 2.78. The molecule has 2 aliphatic heterocycles. The number of carbonyl (C=O) groups is 1. The van der Waals surface area contributed by atoms with Gasteiger partial charge < -0.3 is 14.5 Å². The number of hydrogen-bond donors (Lipinski definition) is 0. The lowest BCUT2D eigenvalue weighted by molar-refractivity contribution is -0.121. The van der Waals surface area contributed by atoms with E-state index in [1.807, 2.05) is 24.4 Å². The molecule has 1 amide bonds. The van der Waals surface area contributed by atoms with Gasteiger partial charge in [-0.2, -0.15) is 0 Å². The lowest BCUT2D eigenvalue weighted by atomic mass is 10.1. The minimum absolute atomic E-state index is 0.0178. The van der Waals surface area contributed by atoms with E-state index in [-0.39, 0.29) is 18.3 Å². The van der Waals surface area contributed by atoms with Gasteiger partial charge in [0.1, 0.15) is 11.6 Å². The number of hydrogen-bond acceptors (Lipinski definition) is 4. The normalized spacial score (nSPS) is 16.6. The van der Waals surface area contributed by atoms with Crippen molar-refractivity contribution in [3.63, 3.8) is 0 Å². The molecule has 0 saturated heterocycles. The Bertz CT molecular complexity index is 820. The zero-order chi connectivity index (χ0) is 17.2. The van der Waals surface area contributed by atoms with Crippen LogP contribution in [0.2, 0.25) is 0 Å². The van der Waals surface area contributed by atoms with Crippen LogP contribution in [0.3, 0.4) is 0 Å². The van der Waals surface area contributed by atoms with E-state index in [1.54, 1.807) is 17.0 Å². The van der Waals surface area contributed by atoms with Crippen LogP contribution in [-0.2, 0) is 11.3 Å². The van der Waals surface area contributed by atoms with Crippen LogP contribution < -0.4 is 14.5 Å². The average molecular weight is 339 g/mol. The first-order valence-electron chi connectivity index (χ1n) is 8.25. The van der Waals surface area contributed by atoms with E-state index >= 15 is 0 Å². The number of benzene rings is 2. The summed E-state index contributed by atoms with van der Waals surface area (Å²) in [6, 6.07) is 12.1. The third-order valence-electron chi connectivity index (χ3n) is 4.43. The first-order valence-corrected chi connectivity index (χ1v) is 8.25. The largest absolute Gasteiger partial charge is 0.482 e. The highest BCUT2D eigenvalue weighted by atomic mass is 19.1. The molecule has 25 heavy (non-hydrogen) atoms. The molecular weight excluding hydrogens is 321 g/mol. The molecule has 0 radical (unpaired) electrons. The highest BCUT2D eigenvalue weighted by molar-refractivity contribution is 5.98. The maximum Gasteiger partial charge on any atom is 0.265 e. The number of aliphatic imine (C=N–C) groups is 1. The summed E-state index contributed by atoms with van der Waals surface area (Å²) in [6.07, 6.45) is 1.90. The van der Waals surface area contributed by atoms with E-state index < -0.39 is 0 Å². The highest BCUT2D eigenvalue weighted by Crippen LogP contribution is 2.36. The summed E-state index contributed by atoms with van der Waals surface area (Å²) in [4.78, 5) is 20.6. The van der Waals surface area contributed by atoms with Gasteiger partial charge in [-0.3, -0.25) is 9.79 Å². The third-order valence-corrected chi connectivity index (χ3v) is 4.43. The Kier molecular flexibility index (Phi) is 4.09. The minimum atomic E-state index is -0.286. The van der Waals surface area contributed by atoms with Crippen LogP contribution in [0.1, 0.15) is 5.56 Å². The van der Waals surface area contributed by atoms with E-state index in [9.17, 15) is 9.18 Å². The molecule has 4 rings (SSSR count). The van der Waals surface area contributed by atoms with Crippen molar-refractivity contribution in [2.75, 3.05) is 36.0 Å². The smallest absolute Gasteiger partial charge is 0.265 e. The lowest BCUT2D eigenvalue weighted by Gasteiger charge is -2.32. The Morgan fingerprint density at radius 1 is 1.16 bits per heavy atom. The second-order valence-electron chi connectivity index (χ2n) is 6.08. The fraction of sp³-hybridized carbons (Fsp3) is 0.263. The number of nitrogens with zero attached hydrogens (tertiary/aromatic N) is 3. The molecule has 6 heteroatoms. The fourth-order valence-corrected chi connectivity index (χ4v) is 3.08. The monoisotopic (exact) mass is 339 g/mol. The molecule has 0 saturated carbocycles.